The molecule has 5 N–H and O–H groups in total. The number of hydrazine groups is 1. The van der Waals surface area contributed by atoms with Gasteiger partial charge in [0.25, 0.3) is 0 Å². The zero-order valence-electron chi connectivity index (χ0n) is 15.4. The van der Waals surface area contributed by atoms with Crippen molar-refractivity contribution in [1.82, 2.24) is 10.4 Å². The Morgan fingerprint density at radius 2 is 2.15 bits per heavy atom. The van der Waals surface area contributed by atoms with Gasteiger partial charge in [-0.25, -0.2) is 9.40 Å². The third kappa shape index (κ3) is 3.29. The van der Waals surface area contributed by atoms with Gasteiger partial charge in [0, 0.05) is 42.9 Å². The van der Waals surface area contributed by atoms with Crippen molar-refractivity contribution in [1.29, 1.82) is 0 Å². The first-order chi connectivity index (χ1) is 12.9. The molecule has 2 aromatic carbocycles. The van der Waals surface area contributed by atoms with E-state index in [9.17, 15) is 9.18 Å². The maximum atomic E-state index is 14.0. The van der Waals surface area contributed by atoms with Gasteiger partial charge in [-0.05, 0) is 36.2 Å². The molecule has 0 aliphatic carbocycles. The minimum absolute atomic E-state index is 0.118. The number of aryl methyl sites for hydroxylation is 1. The SMILES string of the molecule is Cc1ccc(F)c2c1NC(C(=O)Nc1cccc(C3CNN(C)C3N)c1)C2. The van der Waals surface area contributed by atoms with E-state index >= 15 is 0 Å². The number of likely N-dealkylation sites (N-methyl/N-ethyl adjacent to an activating group) is 1. The fourth-order valence-electron chi connectivity index (χ4n) is 3.86. The van der Waals surface area contributed by atoms with Gasteiger partial charge in [0.15, 0.2) is 0 Å². The van der Waals surface area contributed by atoms with Gasteiger partial charge in [-0.1, -0.05) is 18.2 Å². The van der Waals surface area contributed by atoms with E-state index in [4.69, 9.17) is 5.73 Å². The minimum atomic E-state index is -0.485. The first kappa shape index (κ1) is 17.9. The Morgan fingerprint density at radius 1 is 1.33 bits per heavy atom. The Bertz CT molecular complexity index is 856. The molecular formula is C20H24FN5O. The molecule has 3 atom stereocenters. The summed E-state index contributed by atoms with van der Waals surface area (Å²) >= 11 is 0. The molecule has 27 heavy (non-hydrogen) atoms. The van der Waals surface area contributed by atoms with Gasteiger partial charge in [0.1, 0.15) is 11.9 Å². The molecule has 2 aliphatic rings. The number of benzene rings is 2. The molecule has 1 fully saturated rings. The standard InChI is InChI=1S/C20H24FN5O/c1-11-6-7-16(21)14-9-17(25-18(11)14)20(27)24-13-5-3-4-12(8-13)15-10-23-26(2)19(15)22/h3-8,15,17,19,23,25H,9-10,22H2,1-2H3,(H,24,27). The monoisotopic (exact) mass is 369 g/mol. The number of hydrogen-bond acceptors (Lipinski definition) is 5. The smallest absolute Gasteiger partial charge is 0.247 e. The van der Waals surface area contributed by atoms with Crippen LogP contribution >= 0.6 is 0 Å². The van der Waals surface area contributed by atoms with Crippen LogP contribution in [0.2, 0.25) is 0 Å². The van der Waals surface area contributed by atoms with Crippen molar-refractivity contribution in [3.05, 3.63) is 58.9 Å². The number of carbonyl (C=O) groups excluding carboxylic acids is 1. The third-order valence-corrected chi connectivity index (χ3v) is 5.51. The molecule has 0 aromatic heterocycles. The van der Waals surface area contributed by atoms with E-state index in [1.165, 1.54) is 6.07 Å². The minimum Gasteiger partial charge on any atom is -0.373 e. The summed E-state index contributed by atoms with van der Waals surface area (Å²) < 4.78 is 14.0. The summed E-state index contributed by atoms with van der Waals surface area (Å²) in [5.41, 5.74) is 13.5. The topological polar surface area (TPSA) is 82.4 Å². The van der Waals surface area contributed by atoms with Crippen LogP contribution in [0.1, 0.15) is 22.6 Å². The fraction of sp³-hybridized carbons (Fsp3) is 0.350. The van der Waals surface area contributed by atoms with Gasteiger partial charge in [0.2, 0.25) is 5.91 Å². The third-order valence-electron chi connectivity index (χ3n) is 5.51. The number of rotatable bonds is 3. The summed E-state index contributed by atoms with van der Waals surface area (Å²) in [6.07, 6.45) is 0.226. The lowest BCUT2D eigenvalue weighted by Crippen LogP contribution is -2.40. The van der Waals surface area contributed by atoms with Crippen molar-refractivity contribution < 1.29 is 9.18 Å². The van der Waals surface area contributed by atoms with Gasteiger partial charge in [-0.15, -0.1) is 0 Å². The lowest BCUT2D eigenvalue weighted by Gasteiger charge is -2.20. The zero-order chi connectivity index (χ0) is 19.1. The second-order valence-corrected chi connectivity index (χ2v) is 7.30. The van der Waals surface area contributed by atoms with Crippen LogP contribution in [0.3, 0.4) is 0 Å². The number of anilines is 2. The Morgan fingerprint density at radius 3 is 2.85 bits per heavy atom. The number of nitrogens with zero attached hydrogens (tertiary/aromatic N) is 1. The van der Waals surface area contributed by atoms with Crippen LogP contribution in [0.25, 0.3) is 0 Å². The summed E-state index contributed by atoms with van der Waals surface area (Å²) in [4.78, 5) is 12.7. The predicted octanol–water partition coefficient (Wildman–Crippen LogP) is 1.93. The van der Waals surface area contributed by atoms with Gasteiger partial charge in [-0.3, -0.25) is 10.2 Å². The quantitative estimate of drug-likeness (QED) is 0.665. The first-order valence-electron chi connectivity index (χ1n) is 9.11. The number of nitrogens with two attached hydrogens (primary N) is 1. The second kappa shape index (κ2) is 6.92. The molecule has 2 aliphatic heterocycles. The highest BCUT2D eigenvalue weighted by atomic mass is 19.1. The largest absolute Gasteiger partial charge is 0.373 e. The molecule has 6 nitrogen and oxygen atoms in total. The number of nitrogens with one attached hydrogen (secondary N) is 3. The van der Waals surface area contributed by atoms with Crippen LogP contribution in [0.4, 0.5) is 15.8 Å². The van der Waals surface area contributed by atoms with Gasteiger partial charge in [0.05, 0.1) is 6.17 Å². The summed E-state index contributed by atoms with van der Waals surface area (Å²) in [7, 11) is 1.92. The Labute approximate surface area is 157 Å². The number of carbonyl (C=O) groups is 1. The van der Waals surface area contributed by atoms with Crippen molar-refractivity contribution in [2.75, 3.05) is 24.2 Å². The molecule has 0 saturated carbocycles. The highest BCUT2D eigenvalue weighted by Gasteiger charge is 2.31. The summed E-state index contributed by atoms with van der Waals surface area (Å²) in [6.45, 7) is 2.66. The highest BCUT2D eigenvalue weighted by molar-refractivity contribution is 5.98. The van der Waals surface area contributed by atoms with E-state index < -0.39 is 6.04 Å². The van der Waals surface area contributed by atoms with Crippen LogP contribution in [-0.4, -0.2) is 36.7 Å². The zero-order valence-corrected chi connectivity index (χ0v) is 15.4. The molecule has 142 valence electrons. The van der Waals surface area contributed by atoms with Crippen molar-refractivity contribution in [3.8, 4) is 0 Å². The van der Waals surface area contributed by atoms with E-state index in [1.54, 1.807) is 6.07 Å². The van der Waals surface area contributed by atoms with Crippen LogP contribution in [0, 0.1) is 12.7 Å². The van der Waals surface area contributed by atoms with Gasteiger partial charge in [-0.2, -0.15) is 0 Å². The maximum absolute atomic E-state index is 14.0. The average Bonchev–Trinajstić information content (AvgIpc) is 3.24. The molecule has 4 rings (SSSR count). The molecule has 3 unspecified atom stereocenters. The fourth-order valence-corrected chi connectivity index (χ4v) is 3.86. The summed E-state index contributed by atoms with van der Waals surface area (Å²) in [6, 6.07) is 10.4. The Hall–Kier alpha value is -2.48. The normalized spacial score (nSPS) is 24.5. The number of fused-ring (bicyclic) bond motifs is 1. The molecule has 0 radical (unpaired) electrons. The van der Waals surface area contributed by atoms with E-state index in [1.807, 2.05) is 43.2 Å². The maximum Gasteiger partial charge on any atom is 0.247 e. The Kier molecular flexibility index (Phi) is 4.59. The van der Waals surface area contributed by atoms with Crippen LogP contribution in [0.5, 0.6) is 0 Å². The lowest BCUT2D eigenvalue weighted by molar-refractivity contribution is -0.116. The van der Waals surface area contributed by atoms with E-state index in [0.29, 0.717) is 17.7 Å². The van der Waals surface area contributed by atoms with Crippen molar-refractivity contribution >= 4 is 17.3 Å². The van der Waals surface area contributed by atoms with E-state index in [0.717, 1.165) is 23.4 Å². The van der Waals surface area contributed by atoms with Crippen LogP contribution in [0.15, 0.2) is 36.4 Å². The number of hydrogen-bond donors (Lipinski definition) is 4. The predicted molar refractivity (Wildman–Crippen MR) is 104 cm³/mol. The molecular weight excluding hydrogens is 345 g/mol. The molecule has 0 spiro atoms. The second-order valence-electron chi connectivity index (χ2n) is 7.30. The number of halogens is 1. The molecule has 1 amide bonds. The summed E-state index contributed by atoms with van der Waals surface area (Å²) in [5.74, 6) is -0.294. The van der Waals surface area contributed by atoms with Crippen LogP contribution in [-0.2, 0) is 11.2 Å². The van der Waals surface area contributed by atoms with Crippen molar-refractivity contribution in [3.63, 3.8) is 0 Å². The molecule has 2 heterocycles. The molecule has 2 aromatic rings. The van der Waals surface area contributed by atoms with Crippen LogP contribution < -0.4 is 21.8 Å². The molecule has 1 saturated heterocycles. The average molecular weight is 369 g/mol. The van der Waals surface area contributed by atoms with Crippen molar-refractivity contribution in [2.45, 2.75) is 31.5 Å². The van der Waals surface area contributed by atoms with Crippen molar-refractivity contribution in [2.24, 2.45) is 5.73 Å². The molecule has 0 bridgehead atoms. The highest BCUT2D eigenvalue weighted by Crippen LogP contribution is 2.32. The lowest BCUT2D eigenvalue weighted by atomic mass is 9.97. The van der Waals surface area contributed by atoms with Gasteiger partial charge >= 0.3 is 0 Å². The Balaban J connectivity index is 1.47. The van der Waals surface area contributed by atoms with E-state index in [-0.39, 0.29) is 23.8 Å². The van der Waals surface area contributed by atoms with E-state index in [2.05, 4.69) is 16.1 Å². The van der Waals surface area contributed by atoms with Gasteiger partial charge < -0.3 is 16.4 Å². The summed E-state index contributed by atoms with van der Waals surface area (Å²) in [5, 5.41) is 8.00. The number of amides is 1. The molecule has 7 heteroatoms. The first-order valence-corrected chi connectivity index (χ1v) is 9.11.